The molecule has 1 heterocycles. The summed E-state index contributed by atoms with van der Waals surface area (Å²) in [5, 5.41) is 7.09. The van der Waals surface area contributed by atoms with Crippen molar-refractivity contribution in [2.75, 3.05) is 11.1 Å². The van der Waals surface area contributed by atoms with Gasteiger partial charge in [-0.1, -0.05) is 55.1 Å². The van der Waals surface area contributed by atoms with Crippen molar-refractivity contribution in [3.63, 3.8) is 0 Å². The van der Waals surface area contributed by atoms with E-state index in [1.54, 1.807) is 0 Å². The maximum atomic E-state index is 4.90. The van der Waals surface area contributed by atoms with E-state index in [0.29, 0.717) is 0 Å². The van der Waals surface area contributed by atoms with Gasteiger partial charge in [0.15, 0.2) is 5.17 Å². The van der Waals surface area contributed by atoms with E-state index in [1.807, 2.05) is 11.8 Å². The molecule has 1 N–H and O–H groups in total. The van der Waals surface area contributed by atoms with Crippen LogP contribution in [0.3, 0.4) is 0 Å². The number of nitrogens with zero attached hydrogens (tertiary/aromatic N) is 1. The molecule has 0 saturated heterocycles. The lowest BCUT2D eigenvalue weighted by Crippen LogP contribution is -2.29. The highest BCUT2D eigenvalue weighted by molar-refractivity contribution is 8.14. The third kappa shape index (κ3) is 2.68. The van der Waals surface area contributed by atoms with E-state index < -0.39 is 0 Å². The Morgan fingerprint density at radius 2 is 2.00 bits per heavy atom. The molecule has 1 aliphatic rings. The number of nitrogens with one attached hydrogen (secondary N) is 1. The molecule has 0 fully saturated rings. The second-order valence-electron chi connectivity index (χ2n) is 5.52. The van der Waals surface area contributed by atoms with Crippen molar-refractivity contribution >= 4 is 33.4 Å². The second-order valence-corrected chi connectivity index (χ2v) is 6.60. The standard InChI is InChI=1S/C17H20N2S/c1-3-17(2)11-12-20-16(19-17)18-15-10-6-8-13-7-4-5-9-14(13)15/h4-10H,3,11-12H2,1-2H3,(H,18,19). The van der Waals surface area contributed by atoms with Crippen molar-refractivity contribution in [2.24, 2.45) is 4.99 Å². The van der Waals surface area contributed by atoms with E-state index in [9.17, 15) is 0 Å². The molecule has 0 radical (unpaired) electrons. The first-order valence-corrected chi connectivity index (χ1v) is 8.16. The number of aliphatic imine (C=N–C) groups is 1. The SMILES string of the molecule is CCC1(C)CCSC(Nc2cccc3ccccc23)=N1. The van der Waals surface area contributed by atoms with Gasteiger partial charge in [-0.05, 0) is 31.2 Å². The van der Waals surface area contributed by atoms with Crippen LogP contribution in [0, 0.1) is 0 Å². The maximum absolute atomic E-state index is 4.90. The third-order valence-electron chi connectivity index (χ3n) is 4.04. The van der Waals surface area contributed by atoms with Crippen LogP contribution in [-0.4, -0.2) is 16.5 Å². The van der Waals surface area contributed by atoms with E-state index in [2.05, 4.69) is 61.6 Å². The van der Waals surface area contributed by atoms with Gasteiger partial charge in [0.1, 0.15) is 0 Å². The largest absolute Gasteiger partial charge is 0.334 e. The van der Waals surface area contributed by atoms with Crippen LogP contribution in [0.4, 0.5) is 5.69 Å². The van der Waals surface area contributed by atoms with E-state index in [1.165, 1.54) is 10.8 Å². The fourth-order valence-electron chi connectivity index (χ4n) is 2.47. The lowest BCUT2D eigenvalue weighted by atomic mass is 9.97. The van der Waals surface area contributed by atoms with Gasteiger partial charge in [-0.15, -0.1) is 0 Å². The molecule has 0 aliphatic carbocycles. The summed E-state index contributed by atoms with van der Waals surface area (Å²) in [6.07, 6.45) is 2.25. The number of thioether (sulfide) groups is 1. The number of hydrogen-bond donors (Lipinski definition) is 1. The van der Waals surface area contributed by atoms with Crippen LogP contribution in [0.2, 0.25) is 0 Å². The second kappa shape index (κ2) is 5.49. The molecule has 0 bridgehead atoms. The topological polar surface area (TPSA) is 24.4 Å². The molecule has 0 spiro atoms. The van der Waals surface area contributed by atoms with Gasteiger partial charge in [-0.3, -0.25) is 4.99 Å². The predicted molar refractivity (Wildman–Crippen MR) is 90.8 cm³/mol. The molecule has 104 valence electrons. The molecule has 2 nitrogen and oxygen atoms in total. The van der Waals surface area contributed by atoms with Crippen LogP contribution in [0.15, 0.2) is 47.5 Å². The van der Waals surface area contributed by atoms with Crippen molar-refractivity contribution in [1.82, 2.24) is 0 Å². The Morgan fingerprint density at radius 1 is 1.20 bits per heavy atom. The minimum Gasteiger partial charge on any atom is -0.334 e. The van der Waals surface area contributed by atoms with Crippen LogP contribution in [-0.2, 0) is 0 Å². The Hall–Kier alpha value is -1.48. The summed E-state index contributed by atoms with van der Waals surface area (Å²) < 4.78 is 0. The van der Waals surface area contributed by atoms with Gasteiger partial charge in [0, 0.05) is 16.8 Å². The molecule has 0 saturated carbocycles. The van der Waals surface area contributed by atoms with Gasteiger partial charge in [0.05, 0.1) is 5.54 Å². The lowest BCUT2D eigenvalue weighted by molar-refractivity contribution is 0.443. The van der Waals surface area contributed by atoms with E-state index in [4.69, 9.17) is 4.99 Å². The Labute approximate surface area is 124 Å². The molecule has 3 rings (SSSR count). The number of benzene rings is 2. The monoisotopic (exact) mass is 284 g/mol. The van der Waals surface area contributed by atoms with E-state index in [0.717, 1.165) is 29.4 Å². The molecular formula is C17H20N2S. The zero-order valence-electron chi connectivity index (χ0n) is 12.0. The average Bonchev–Trinajstić information content (AvgIpc) is 2.48. The van der Waals surface area contributed by atoms with Gasteiger partial charge in [0.2, 0.25) is 0 Å². The summed E-state index contributed by atoms with van der Waals surface area (Å²) in [6.45, 7) is 4.46. The van der Waals surface area contributed by atoms with Gasteiger partial charge in [-0.25, -0.2) is 0 Å². The molecule has 1 atom stereocenters. The van der Waals surface area contributed by atoms with Crippen molar-refractivity contribution in [1.29, 1.82) is 0 Å². The molecular weight excluding hydrogens is 264 g/mol. The molecule has 2 aromatic rings. The summed E-state index contributed by atoms with van der Waals surface area (Å²) >= 11 is 1.82. The highest BCUT2D eigenvalue weighted by atomic mass is 32.2. The quantitative estimate of drug-likeness (QED) is 0.847. The number of fused-ring (bicyclic) bond motifs is 1. The Morgan fingerprint density at radius 3 is 2.85 bits per heavy atom. The zero-order valence-corrected chi connectivity index (χ0v) is 12.8. The average molecular weight is 284 g/mol. The highest BCUT2D eigenvalue weighted by Crippen LogP contribution is 2.31. The Balaban J connectivity index is 1.94. The number of hydrogen-bond acceptors (Lipinski definition) is 3. The van der Waals surface area contributed by atoms with Gasteiger partial charge in [0.25, 0.3) is 0 Å². The fourth-order valence-corrected chi connectivity index (χ4v) is 3.67. The summed E-state index contributed by atoms with van der Waals surface area (Å²) in [7, 11) is 0. The first-order valence-electron chi connectivity index (χ1n) is 7.18. The Bertz CT molecular complexity index is 645. The van der Waals surface area contributed by atoms with Gasteiger partial charge < -0.3 is 5.32 Å². The van der Waals surface area contributed by atoms with Crippen molar-refractivity contribution < 1.29 is 0 Å². The van der Waals surface area contributed by atoms with Gasteiger partial charge >= 0.3 is 0 Å². The predicted octanol–water partition coefficient (Wildman–Crippen LogP) is 4.91. The minimum atomic E-state index is 0.0954. The Kier molecular flexibility index (Phi) is 3.70. The van der Waals surface area contributed by atoms with Crippen LogP contribution in [0.1, 0.15) is 26.7 Å². The normalized spacial score (nSPS) is 22.6. The number of rotatable bonds is 2. The van der Waals surface area contributed by atoms with Gasteiger partial charge in [-0.2, -0.15) is 0 Å². The summed E-state index contributed by atoms with van der Waals surface area (Å²) in [5.74, 6) is 1.14. The first kappa shape index (κ1) is 13.5. The van der Waals surface area contributed by atoms with E-state index >= 15 is 0 Å². The first-order chi connectivity index (χ1) is 9.70. The summed E-state index contributed by atoms with van der Waals surface area (Å²) in [5.41, 5.74) is 1.24. The molecule has 1 aliphatic heterocycles. The minimum absolute atomic E-state index is 0.0954. The highest BCUT2D eigenvalue weighted by Gasteiger charge is 2.26. The molecule has 0 amide bonds. The van der Waals surface area contributed by atoms with Crippen molar-refractivity contribution in [3.05, 3.63) is 42.5 Å². The number of amidine groups is 1. The fraction of sp³-hybridized carbons (Fsp3) is 0.353. The molecule has 2 aromatic carbocycles. The van der Waals surface area contributed by atoms with Crippen molar-refractivity contribution in [2.45, 2.75) is 32.2 Å². The van der Waals surface area contributed by atoms with Crippen LogP contribution >= 0.6 is 11.8 Å². The zero-order chi connectivity index (χ0) is 14.0. The molecule has 20 heavy (non-hydrogen) atoms. The van der Waals surface area contributed by atoms with E-state index in [-0.39, 0.29) is 5.54 Å². The number of anilines is 1. The summed E-state index contributed by atoms with van der Waals surface area (Å²) in [4.78, 5) is 4.90. The van der Waals surface area contributed by atoms with Crippen molar-refractivity contribution in [3.8, 4) is 0 Å². The van der Waals surface area contributed by atoms with Crippen LogP contribution < -0.4 is 5.32 Å². The summed E-state index contributed by atoms with van der Waals surface area (Å²) in [6, 6.07) is 14.8. The smallest absolute Gasteiger partial charge is 0.161 e. The lowest BCUT2D eigenvalue weighted by Gasteiger charge is -2.29. The van der Waals surface area contributed by atoms with Crippen LogP contribution in [0.25, 0.3) is 10.8 Å². The maximum Gasteiger partial charge on any atom is 0.161 e. The third-order valence-corrected chi connectivity index (χ3v) is 4.92. The molecule has 0 aromatic heterocycles. The molecule has 1 unspecified atom stereocenters. The van der Waals surface area contributed by atoms with Crippen LogP contribution in [0.5, 0.6) is 0 Å². The molecule has 3 heteroatoms.